The lowest BCUT2D eigenvalue weighted by atomic mass is 9.76. The molecule has 0 saturated carbocycles. The van der Waals surface area contributed by atoms with Crippen molar-refractivity contribution >= 4 is 35.0 Å². The lowest BCUT2D eigenvalue weighted by Crippen LogP contribution is -2.55. The zero-order valence-corrected chi connectivity index (χ0v) is 15.6. The van der Waals surface area contributed by atoms with Crippen molar-refractivity contribution in [1.29, 1.82) is 0 Å². The van der Waals surface area contributed by atoms with Crippen molar-refractivity contribution in [2.24, 2.45) is 11.8 Å². The van der Waals surface area contributed by atoms with E-state index in [1.807, 2.05) is 0 Å². The predicted molar refractivity (Wildman–Crippen MR) is 95.9 cm³/mol. The molecule has 0 aromatic heterocycles. The average Bonchev–Trinajstić information content (AvgIpc) is 3.20. The van der Waals surface area contributed by atoms with E-state index in [9.17, 15) is 19.5 Å². The number of benzene rings is 1. The van der Waals surface area contributed by atoms with E-state index < -0.39 is 47.2 Å². The summed E-state index contributed by atoms with van der Waals surface area (Å²) >= 11 is 6.14. The lowest BCUT2D eigenvalue weighted by molar-refractivity contribution is -0.143. The van der Waals surface area contributed by atoms with Gasteiger partial charge in [0.15, 0.2) is 0 Å². The molecule has 3 amide bonds. The molecule has 3 aliphatic heterocycles. The van der Waals surface area contributed by atoms with E-state index in [4.69, 9.17) is 16.3 Å². The highest BCUT2D eigenvalue weighted by atomic mass is 35.5. The van der Waals surface area contributed by atoms with Gasteiger partial charge in [0.25, 0.3) is 0 Å². The molecule has 9 heteroatoms. The topological polar surface area (TPSA) is 108 Å². The number of aliphatic hydroxyl groups excluding tert-OH is 1. The van der Waals surface area contributed by atoms with Crippen LogP contribution in [0.5, 0.6) is 0 Å². The van der Waals surface area contributed by atoms with Crippen LogP contribution in [0.15, 0.2) is 18.2 Å². The highest BCUT2D eigenvalue weighted by Crippen LogP contribution is 2.53. The molecule has 3 aliphatic rings. The van der Waals surface area contributed by atoms with Crippen LogP contribution in [0.25, 0.3) is 0 Å². The number of anilines is 1. The zero-order chi connectivity index (χ0) is 19.5. The second-order valence-corrected chi connectivity index (χ2v) is 7.62. The molecular formula is C18H20ClN3O5. The van der Waals surface area contributed by atoms with Gasteiger partial charge in [-0.05, 0) is 25.1 Å². The largest absolute Gasteiger partial charge is 0.392 e. The number of imide groups is 1. The lowest BCUT2D eigenvalue weighted by Gasteiger charge is -2.30. The van der Waals surface area contributed by atoms with Crippen LogP contribution in [0.3, 0.4) is 0 Å². The average molecular weight is 394 g/mol. The number of nitrogens with zero attached hydrogens (tertiary/aromatic N) is 1. The maximum absolute atomic E-state index is 13.2. The number of aliphatic hydroxyl groups is 1. The molecule has 4 rings (SSSR count). The van der Waals surface area contributed by atoms with Gasteiger partial charge in [-0.25, -0.2) is 0 Å². The van der Waals surface area contributed by atoms with Crippen LogP contribution in [0.4, 0.5) is 5.69 Å². The quantitative estimate of drug-likeness (QED) is 0.626. The van der Waals surface area contributed by atoms with Gasteiger partial charge in [-0.15, -0.1) is 0 Å². The van der Waals surface area contributed by atoms with Crippen molar-refractivity contribution in [3.63, 3.8) is 0 Å². The maximum atomic E-state index is 13.2. The van der Waals surface area contributed by atoms with Crippen LogP contribution in [-0.4, -0.2) is 60.1 Å². The van der Waals surface area contributed by atoms with Crippen molar-refractivity contribution < 1.29 is 24.2 Å². The fourth-order valence-corrected chi connectivity index (χ4v) is 4.75. The standard InChI is InChI=1S/C18H20ClN3O5/c1-8(23)14-12-13(16(25)22(15(12)24)5-6-27-2)18(21-14)10-7-9(19)3-4-11(10)20-17(18)26/h3-4,7-8,12-14,21,23H,5-6H2,1-2H3,(H,20,26)/t8-,12-,13-,14+,18+/m0/s1. The Labute approximate surface area is 160 Å². The molecule has 2 fully saturated rings. The third-order valence-corrected chi connectivity index (χ3v) is 5.98. The second-order valence-electron chi connectivity index (χ2n) is 7.19. The van der Waals surface area contributed by atoms with Crippen LogP contribution in [0.1, 0.15) is 12.5 Å². The first-order chi connectivity index (χ1) is 12.8. The normalized spacial score (nSPS) is 32.8. The number of carbonyl (C=O) groups is 3. The van der Waals surface area contributed by atoms with Crippen molar-refractivity contribution in [2.45, 2.75) is 24.6 Å². The Morgan fingerprint density at radius 2 is 2.07 bits per heavy atom. The van der Waals surface area contributed by atoms with E-state index in [0.29, 0.717) is 16.3 Å². The molecule has 144 valence electrons. The van der Waals surface area contributed by atoms with Crippen LogP contribution in [-0.2, 0) is 24.7 Å². The molecule has 3 heterocycles. The summed E-state index contributed by atoms with van der Waals surface area (Å²) in [4.78, 5) is 40.3. The van der Waals surface area contributed by atoms with Gasteiger partial charge in [0.1, 0.15) is 5.54 Å². The summed E-state index contributed by atoms with van der Waals surface area (Å²) in [5.74, 6) is -3.07. The first kappa shape index (κ1) is 18.4. The number of nitrogens with one attached hydrogen (secondary N) is 2. The van der Waals surface area contributed by atoms with Gasteiger partial charge in [0, 0.05) is 29.4 Å². The number of likely N-dealkylation sites (tertiary alicyclic amines) is 1. The van der Waals surface area contributed by atoms with Gasteiger partial charge < -0.3 is 15.2 Å². The third-order valence-electron chi connectivity index (χ3n) is 5.74. The number of halogens is 1. The molecule has 0 bridgehead atoms. The van der Waals surface area contributed by atoms with Crippen molar-refractivity contribution in [2.75, 3.05) is 25.6 Å². The van der Waals surface area contributed by atoms with E-state index in [-0.39, 0.29) is 13.2 Å². The Hall–Kier alpha value is -2.00. The molecule has 0 aliphatic carbocycles. The van der Waals surface area contributed by atoms with Crippen molar-refractivity contribution in [3.8, 4) is 0 Å². The number of ether oxygens (including phenoxy) is 1. The highest BCUT2D eigenvalue weighted by molar-refractivity contribution is 6.31. The summed E-state index contributed by atoms with van der Waals surface area (Å²) in [6, 6.07) is 4.19. The molecule has 1 aromatic carbocycles. The molecule has 1 spiro atoms. The highest BCUT2D eigenvalue weighted by Gasteiger charge is 2.71. The van der Waals surface area contributed by atoms with E-state index >= 15 is 0 Å². The summed E-state index contributed by atoms with van der Waals surface area (Å²) in [6.07, 6.45) is -0.938. The number of hydrogen-bond acceptors (Lipinski definition) is 6. The van der Waals surface area contributed by atoms with E-state index in [0.717, 1.165) is 4.90 Å². The monoisotopic (exact) mass is 393 g/mol. The molecule has 1 aromatic rings. The number of carbonyl (C=O) groups excluding carboxylic acids is 3. The molecule has 5 atom stereocenters. The van der Waals surface area contributed by atoms with Gasteiger partial charge in [-0.1, -0.05) is 11.6 Å². The molecular weight excluding hydrogens is 374 g/mol. The van der Waals surface area contributed by atoms with E-state index in [2.05, 4.69) is 10.6 Å². The first-order valence-corrected chi connectivity index (χ1v) is 9.12. The van der Waals surface area contributed by atoms with Crippen LogP contribution in [0.2, 0.25) is 5.02 Å². The van der Waals surface area contributed by atoms with Gasteiger partial charge in [0.2, 0.25) is 17.7 Å². The summed E-state index contributed by atoms with van der Waals surface area (Å²) in [6.45, 7) is 1.84. The van der Waals surface area contributed by atoms with Gasteiger partial charge in [-0.2, -0.15) is 0 Å². The van der Waals surface area contributed by atoms with Gasteiger partial charge >= 0.3 is 0 Å². The molecule has 0 radical (unpaired) electrons. The summed E-state index contributed by atoms with van der Waals surface area (Å²) in [5, 5.41) is 16.6. The summed E-state index contributed by atoms with van der Waals surface area (Å²) < 4.78 is 5.00. The Balaban J connectivity index is 1.86. The van der Waals surface area contributed by atoms with E-state index in [1.54, 1.807) is 18.2 Å². The fraction of sp³-hybridized carbons (Fsp3) is 0.500. The van der Waals surface area contributed by atoms with Crippen LogP contribution < -0.4 is 10.6 Å². The number of rotatable bonds is 4. The number of amides is 3. The number of methoxy groups -OCH3 is 1. The van der Waals surface area contributed by atoms with Crippen molar-refractivity contribution in [3.05, 3.63) is 28.8 Å². The Morgan fingerprint density at radius 1 is 1.33 bits per heavy atom. The zero-order valence-electron chi connectivity index (χ0n) is 14.9. The predicted octanol–water partition coefficient (Wildman–Crippen LogP) is 0.0876. The Kier molecular flexibility index (Phi) is 4.27. The Morgan fingerprint density at radius 3 is 2.74 bits per heavy atom. The fourth-order valence-electron chi connectivity index (χ4n) is 4.58. The first-order valence-electron chi connectivity index (χ1n) is 8.74. The van der Waals surface area contributed by atoms with Crippen molar-refractivity contribution in [1.82, 2.24) is 10.2 Å². The van der Waals surface area contributed by atoms with Crippen LogP contribution in [0, 0.1) is 11.8 Å². The van der Waals surface area contributed by atoms with E-state index in [1.165, 1.54) is 14.0 Å². The van der Waals surface area contributed by atoms with Crippen LogP contribution >= 0.6 is 11.6 Å². The molecule has 27 heavy (non-hydrogen) atoms. The molecule has 0 unspecified atom stereocenters. The van der Waals surface area contributed by atoms with Gasteiger partial charge in [0.05, 0.1) is 31.1 Å². The minimum atomic E-state index is -1.44. The van der Waals surface area contributed by atoms with Gasteiger partial charge in [-0.3, -0.25) is 24.6 Å². The SMILES string of the molecule is COCCN1C(=O)[C@@H]2[C@@H]([C@H](C)O)N[C@@]3(C(=O)Nc4ccc(Cl)cc43)[C@@H]2C1=O. The number of fused-ring (bicyclic) bond motifs is 4. The number of hydrogen-bond donors (Lipinski definition) is 3. The third kappa shape index (κ3) is 2.37. The second kappa shape index (κ2) is 6.27. The summed E-state index contributed by atoms with van der Waals surface area (Å²) in [5.41, 5.74) is -0.383. The molecule has 3 N–H and O–H groups in total. The molecule has 2 saturated heterocycles. The summed E-state index contributed by atoms with van der Waals surface area (Å²) in [7, 11) is 1.48. The minimum absolute atomic E-state index is 0.105. The molecule has 8 nitrogen and oxygen atoms in total. The smallest absolute Gasteiger partial charge is 0.250 e. The maximum Gasteiger partial charge on any atom is 0.250 e. The Bertz CT molecular complexity index is 844. The minimum Gasteiger partial charge on any atom is -0.392 e.